The minimum absolute atomic E-state index is 0.201. The average molecular weight is 323 g/mol. The Morgan fingerprint density at radius 1 is 1.24 bits per heavy atom. The molecular formula is C15H21N3OS2. The summed E-state index contributed by atoms with van der Waals surface area (Å²) in [7, 11) is 1.98. The maximum Gasteiger partial charge on any atom is 0.174 e. The minimum Gasteiger partial charge on any atom is -0.491 e. The van der Waals surface area contributed by atoms with Crippen molar-refractivity contribution < 1.29 is 4.74 Å². The number of ether oxygens (including phenoxy) is 1. The van der Waals surface area contributed by atoms with Gasteiger partial charge in [0.1, 0.15) is 10.8 Å². The highest BCUT2D eigenvalue weighted by atomic mass is 32.2. The Morgan fingerprint density at radius 2 is 1.95 bits per heavy atom. The predicted octanol–water partition coefficient (Wildman–Crippen LogP) is 3.69. The SMILES string of the molecule is CNC(CSc1nnc(C)s1)c1ccc(OC(C)C)cc1. The summed E-state index contributed by atoms with van der Waals surface area (Å²) in [5.41, 5.74) is 1.25. The smallest absolute Gasteiger partial charge is 0.174 e. The third kappa shape index (κ3) is 4.98. The first kappa shape index (κ1) is 16.3. The molecule has 0 amide bonds. The van der Waals surface area contributed by atoms with Gasteiger partial charge in [-0.25, -0.2) is 0 Å². The molecule has 0 spiro atoms. The van der Waals surface area contributed by atoms with Gasteiger partial charge in [-0.2, -0.15) is 0 Å². The van der Waals surface area contributed by atoms with Crippen LogP contribution in [0.25, 0.3) is 0 Å². The number of hydrogen-bond acceptors (Lipinski definition) is 6. The highest BCUT2D eigenvalue weighted by Gasteiger charge is 2.12. The van der Waals surface area contributed by atoms with Gasteiger partial charge in [-0.1, -0.05) is 35.2 Å². The third-order valence-corrected chi connectivity index (χ3v) is 4.95. The van der Waals surface area contributed by atoms with E-state index in [9.17, 15) is 0 Å². The average Bonchev–Trinajstić information content (AvgIpc) is 2.86. The number of aryl methyl sites for hydroxylation is 1. The molecule has 6 heteroatoms. The van der Waals surface area contributed by atoms with Crippen LogP contribution in [0.4, 0.5) is 0 Å². The summed E-state index contributed by atoms with van der Waals surface area (Å²) in [4.78, 5) is 0. The van der Waals surface area contributed by atoms with E-state index in [1.165, 1.54) is 5.56 Å². The Morgan fingerprint density at radius 3 is 2.48 bits per heavy atom. The third-order valence-electron chi connectivity index (χ3n) is 2.88. The van der Waals surface area contributed by atoms with Crippen molar-refractivity contribution in [2.24, 2.45) is 0 Å². The number of thioether (sulfide) groups is 1. The zero-order chi connectivity index (χ0) is 15.2. The number of benzene rings is 1. The summed E-state index contributed by atoms with van der Waals surface area (Å²) in [6.45, 7) is 6.04. The lowest BCUT2D eigenvalue weighted by molar-refractivity contribution is 0.242. The van der Waals surface area contributed by atoms with E-state index in [-0.39, 0.29) is 12.1 Å². The molecule has 1 aromatic heterocycles. The second-order valence-corrected chi connectivity index (χ2v) is 7.42. The van der Waals surface area contributed by atoms with Crippen molar-refractivity contribution >= 4 is 23.1 Å². The molecule has 1 heterocycles. The Labute approximate surface area is 134 Å². The van der Waals surface area contributed by atoms with E-state index < -0.39 is 0 Å². The normalized spacial score (nSPS) is 12.6. The molecule has 0 fully saturated rings. The molecule has 0 saturated heterocycles. The van der Waals surface area contributed by atoms with E-state index in [1.807, 2.05) is 40.0 Å². The van der Waals surface area contributed by atoms with Gasteiger partial charge in [0, 0.05) is 11.8 Å². The summed E-state index contributed by atoms with van der Waals surface area (Å²) in [6, 6.07) is 8.57. The van der Waals surface area contributed by atoms with Crippen LogP contribution in [0.1, 0.15) is 30.5 Å². The molecule has 2 rings (SSSR count). The number of rotatable bonds is 7. The van der Waals surface area contributed by atoms with Gasteiger partial charge >= 0.3 is 0 Å². The predicted molar refractivity (Wildman–Crippen MR) is 89.4 cm³/mol. The lowest BCUT2D eigenvalue weighted by Gasteiger charge is -2.16. The second kappa shape index (κ2) is 7.77. The standard InChI is InChI=1S/C15H21N3OS2/c1-10(2)19-13-7-5-12(6-8-13)14(16-4)9-20-15-18-17-11(3)21-15/h5-8,10,14,16H,9H2,1-4H3. The van der Waals surface area contributed by atoms with E-state index in [0.29, 0.717) is 0 Å². The first-order valence-corrected chi connectivity index (χ1v) is 8.75. The molecule has 114 valence electrons. The first-order chi connectivity index (χ1) is 10.1. The van der Waals surface area contributed by atoms with Crippen LogP contribution in [-0.4, -0.2) is 29.1 Å². The van der Waals surface area contributed by atoms with Gasteiger partial charge < -0.3 is 10.1 Å². The van der Waals surface area contributed by atoms with Gasteiger partial charge in [0.2, 0.25) is 0 Å². The van der Waals surface area contributed by atoms with Gasteiger partial charge in [0.25, 0.3) is 0 Å². The van der Waals surface area contributed by atoms with E-state index in [2.05, 4.69) is 27.6 Å². The Balaban J connectivity index is 1.96. The highest BCUT2D eigenvalue weighted by Crippen LogP contribution is 2.27. The van der Waals surface area contributed by atoms with Crippen LogP contribution in [0.15, 0.2) is 28.6 Å². The van der Waals surface area contributed by atoms with Crippen LogP contribution in [0.2, 0.25) is 0 Å². The summed E-state index contributed by atoms with van der Waals surface area (Å²) in [6.07, 6.45) is 0.201. The molecule has 1 aromatic carbocycles. The van der Waals surface area contributed by atoms with Crippen LogP contribution >= 0.6 is 23.1 Å². The summed E-state index contributed by atoms with van der Waals surface area (Å²) < 4.78 is 6.69. The van der Waals surface area contributed by atoms with Crippen molar-refractivity contribution in [1.82, 2.24) is 15.5 Å². The molecule has 2 aromatic rings. The van der Waals surface area contributed by atoms with E-state index in [1.54, 1.807) is 23.1 Å². The lowest BCUT2D eigenvalue weighted by Crippen LogP contribution is -2.18. The van der Waals surface area contributed by atoms with Crippen molar-refractivity contribution in [3.8, 4) is 5.75 Å². The molecule has 0 radical (unpaired) electrons. The first-order valence-electron chi connectivity index (χ1n) is 6.95. The molecule has 1 N–H and O–H groups in total. The van der Waals surface area contributed by atoms with Crippen molar-refractivity contribution in [3.63, 3.8) is 0 Å². The number of aromatic nitrogens is 2. The van der Waals surface area contributed by atoms with Gasteiger partial charge in [-0.15, -0.1) is 10.2 Å². The van der Waals surface area contributed by atoms with Crippen LogP contribution in [0.3, 0.4) is 0 Å². The number of hydrogen-bond donors (Lipinski definition) is 1. The Kier molecular flexibility index (Phi) is 6.02. The van der Waals surface area contributed by atoms with Crippen molar-refractivity contribution in [3.05, 3.63) is 34.8 Å². The lowest BCUT2D eigenvalue weighted by atomic mass is 10.1. The quantitative estimate of drug-likeness (QED) is 0.788. The van der Waals surface area contributed by atoms with Crippen LogP contribution in [0, 0.1) is 6.92 Å². The topological polar surface area (TPSA) is 47.0 Å². The molecule has 0 aliphatic heterocycles. The molecule has 4 nitrogen and oxygen atoms in total. The fraction of sp³-hybridized carbons (Fsp3) is 0.467. The molecular weight excluding hydrogens is 302 g/mol. The zero-order valence-electron chi connectivity index (χ0n) is 12.8. The highest BCUT2D eigenvalue weighted by molar-refractivity contribution is 8.01. The van der Waals surface area contributed by atoms with Crippen LogP contribution in [-0.2, 0) is 0 Å². The number of nitrogens with zero attached hydrogens (tertiary/aromatic N) is 2. The van der Waals surface area contributed by atoms with Crippen molar-refractivity contribution in [1.29, 1.82) is 0 Å². The maximum atomic E-state index is 5.67. The summed E-state index contributed by atoms with van der Waals surface area (Å²) in [5.74, 6) is 1.84. The fourth-order valence-electron chi connectivity index (χ4n) is 1.89. The monoisotopic (exact) mass is 323 g/mol. The maximum absolute atomic E-state index is 5.67. The zero-order valence-corrected chi connectivity index (χ0v) is 14.4. The summed E-state index contributed by atoms with van der Waals surface area (Å²) >= 11 is 3.37. The second-order valence-electron chi connectivity index (χ2n) is 4.97. The fourth-order valence-corrected chi connectivity index (χ4v) is 3.87. The van der Waals surface area contributed by atoms with Gasteiger partial charge in [0.05, 0.1) is 6.10 Å². The van der Waals surface area contributed by atoms with Crippen molar-refractivity contribution in [2.45, 2.75) is 37.3 Å². The molecule has 0 aliphatic carbocycles. The Hall–Kier alpha value is -1.11. The molecule has 0 saturated carbocycles. The molecule has 21 heavy (non-hydrogen) atoms. The molecule has 0 bridgehead atoms. The molecule has 0 aliphatic rings. The minimum atomic E-state index is 0.201. The van der Waals surface area contributed by atoms with Crippen molar-refractivity contribution in [2.75, 3.05) is 12.8 Å². The molecule has 1 unspecified atom stereocenters. The van der Waals surface area contributed by atoms with Crippen LogP contribution < -0.4 is 10.1 Å². The van der Waals surface area contributed by atoms with E-state index in [4.69, 9.17) is 4.74 Å². The van der Waals surface area contributed by atoms with Gasteiger partial charge in [-0.05, 0) is 45.5 Å². The summed E-state index contributed by atoms with van der Waals surface area (Å²) in [5, 5.41) is 12.5. The van der Waals surface area contributed by atoms with Crippen LogP contribution in [0.5, 0.6) is 5.75 Å². The van der Waals surface area contributed by atoms with Gasteiger partial charge in [0.15, 0.2) is 4.34 Å². The van der Waals surface area contributed by atoms with E-state index >= 15 is 0 Å². The largest absolute Gasteiger partial charge is 0.491 e. The van der Waals surface area contributed by atoms with Gasteiger partial charge in [-0.3, -0.25) is 0 Å². The number of nitrogens with one attached hydrogen (secondary N) is 1. The molecule has 1 atom stereocenters. The van der Waals surface area contributed by atoms with E-state index in [0.717, 1.165) is 20.8 Å². The Bertz CT molecular complexity index is 554.